The molecule has 1 amide bonds. The predicted molar refractivity (Wildman–Crippen MR) is 82.5 cm³/mol. The standard InChI is InChI=1S/C16H24N2O4/c1-20-14-3-5-15(6-4-14)22-13-16(19)17-7-2-8-18-9-11-21-12-10-18/h3-6H,2,7-13H2,1H3,(H,17,19)/p+1. The fourth-order valence-corrected chi connectivity index (χ4v) is 2.35. The number of carbonyl (C=O) groups is 1. The smallest absolute Gasteiger partial charge is 0.257 e. The maximum atomic E-state index is 11.7. The summed E-state index contributed by atoms with van der Waals surface area (Å²) in [4.78, 5) is 13.3. The molecule has 6 heteroatoms. The molecule has 1 aromatic carbocycles. The molecule has 0 aromatic heterocycles. The van der Waals surface area contributed by atoms with Crippen molar-refractivity contribution in [3.05, 3.63) is 24.3 Å². The number of ether oxygens (including phenoxy) is 3. The van der Waals surface area contributed by atoms with Gasteiger partial charge in [-0.1, -0.05) is 0 Å². The summed E-state index contributed by atoms with van der Waals surface area (Å²) in [6, 6.07) is 7.18. The fraction of sp³-hybridized carbons (Fsp3) is 0.562. The molecule has 122 valence electrons. The van der Waals surface area contributed by atoms with E-state index in [1.54, 1.807) is 36.3 Å². The third-order valence-electron chi connectivity index (χ3n) is 3.66. The van der Waals surface area contributed by atoms with Crippen LogP contribution < -0.4 is 19.7 Å². The molecule has 0 bridgehead atoms. The average molecular weight is 309 g/mol. The van der Waals surface area contributed by atoms with Crippen molar-refractivity contribution in [2.75, 3.05) is 53.1 Å². The third-order valence-corrected chi connectivity index (χ3v) is 3.66. The molecular formula is C16H25N2O4+. The van der Waals surface area contributed by atoms with Crippen LogP contribution in [0.4, 0.5) is 0 Å². The number of quaternary nitrogens is 1. The molecule has 2 N–H and O–H groups in total. The maximum absolute atomic E-state index is 11.7. The molecule has 22 heavy (non-hydrogen) atoms. The summed E-state index contributed by atoms with van der Waals surface area (Å²) in [5.74, 6) is 1.34. The molecular weight excluding hydrogens is 284 g/mol. The van der Waals surface area contributed by atoms with Crippen LogP contribution in [0.3, 0.4) is 0 Å². The first-order chi connectivity index (χ1) is 10.8. The highest BCUT2D eigenvalue weighted by Gasteiger charge is 2.12. The van der Waals surface area contributed by atoms with Crippen LogP contribution in [-0.4, -0.2) is 59.0 Å². The number of nitrogens with one attached hydrogen (secondary N) is 2. The molecule has 6 nitrogen and oxygen atoms in total. The van der Waals surface area contributed by atoms with Gasteiger partial charge in [0.15, 0.2) is 6.61 Å². The molecule has 1 aromatic rings. The number of amides is 1. The summed E-state index contributed by atoms with van der Waals surface area (Å²) in [5.41, 5.74) is 0. The summed E-state index contributed by atoms with van der Waals surface area (Å²) < 4.78 is 15.8. The van der Waals surface area contributed by atoms with Gasteiger partial charge in [0.1, 0.15) is 24.6 Å². The van der Waals surface area contributed by atoms with E-state index >= 15 is 0 Å². The van der Waals surface area contributed by atoms with Crippen molar-refractivity contribution in [3.8, 4) is 11.5 Å². The lowest BCUT2D eigenvalue weighted by Crippen LogP contribution is -3.14. The van der Waals surface area contributed by atoms with Crippen LogP contribution in [0.15, 0.2) is 24.3 Å². The van der Waals surface area contributed by atoms with E-state index < -0.39 is 0 Å². The number of hydrogen-bond donors (Lipinski definition) is 2. The molecule has 1 saturated heterocycles. The van der Waals surface area contributed by atoms with Crippen LogP contribution >= 0.6 is 0 Å². The summed E-state index contributed by atoms with van der Waals surface area (Å²) in [6.45, 7) is 5.62. The van der Waals surface area contributed by atoms with E-state index in [0.717, 1.165) is 45.0 Å². The van der Waals surface area contributed by atoms with Crippen LogP contribution in [0.2, 0.25) is 0 Å². The lowest BCUT2D eigenvalue weighted by Gasteiger charge is -2.23. The van der Waals surface area contributed by atoms with E-state index in [0.29, 0.717) is 12.3 Å². The second-order valence-corrected chi connectivity index (χ2v) is 5.28. The van der Waals surface area contributed by atoms with Crippen molar-refractivity contribution in [1.29, 1.82) is 0 Å². The van der Waals surface area contributed by atoms with Crippen molar-refractivity contribution in [1.82, 2.24) is 5.32 Å². The average Bonchev–Trinajstić information content (AvgIpc) is 2.58. The maximum Gasteiger partial charge on any atom is 0.257 e. The summed E-state index contributed by atoms with van der Waals surface area (Å²) >= 11 is 0. The van der Waals surface area contributed by atoms with E-state index in [9.17, 15) is 4.79 Å². The number of morpholine rings is 1. The minimum Gasteiger partial charge on any atom is -0.497 e. The highest BCUT2D eigenvalue weighted by Crippen LogP contribution is 2.16. The van der Waals surface area contributed by atoms with Crippen LogP contribution in [-0.2, 0) is 9.53 Å². The fourth-order valence-electron chi connectivity index (χ4n) is 2.35. The quantitative estimate of drug-likeness (QED) is 0.635. The SMILES string of the molecule is COc1ccc(OCC(=O)NCCC[NH+]2CCOCC2)cc1. The minimum atomic E-state index is -0.0900. The van der Waals surface area contributed by atoms with E-state index in [1.165, 1.54) is 0 Å². The molecule has 1 aliphatic heterocycles. The lowest BCUT2D eigenvalue weighted by molar-refractivity contribution is -0.908. The van der Waals surface area contributed by atoms with Crippen LogP contribution in [0.5, 0.6) is 11.5 Å². The van der Waals surface area contributed by atoms with Gasteiger partial charge in [-0.3, -0.25) is 4.79 Å². The zero-order valence-electron chi connectivity index (χ0n) is 13.1. The van der Waals surface area contributed by atoms with Gasteiger partial charge in [0.2, 0.25) is 0 Å². The second-order valence-electron chi connectivity index (χ2n) is 5.28. The lowest BCUT2D eigenvalue weighted by atomic mass is 10.3. The highest BCUT2D eigenvalue weighted by molar-refractivity contribution is 5.77. The first-order valence-electron chi connectivity index (χ1n) is 7.73. The molecule has 0 spiro atoms. The van der Waals surface area contributed by atoms with Crippen LogP contribution in [0.1, 0.15) is 6.42 Å². The van der Waals surface area contributed by atoms with Gasteiger partial charge in [-0.2, -0.15) is 0 Å². The Bertz CT molecular complexity index is 444. The predicted octanol–water partition coefficient (Wildman–Crippen LogP) is -0.505. The van der Waals surface area contributed by atoms with E-state index in [-0.39, 0.29) is 12.5 Å². The molecule has 0 radical (unpaired) electrons. The van der Waals surface area contributed by atoms with E-state index in [1.807, 2.05) is 0 Å². The molecule has 0 atom stereocenters. The van der Waals surface area contributed by atoms with Crippen molar-refractivity contribution in [3.63, 3.8) is 0 Å². The van der Waals surface area contributed by atoms with Gasteiger partial charge in [0.25, 0.3) is 5.91 Å². The van der Waals surface area contributed by atoms with Crippen molar-refractivity contribution < 1.29 is 23.9 Å². The normalized spacial score (nSPS) is 15.3. The van der Waals surface area contributed by atoms with Gasteiger partial charge in [-0.25, -0.2) is 0 Å². The summed E-state index contributed by atoms with van der Waals surface area (Å²) in [5, 5.41) is 2.88. The molecule has 0 saturated carbocycles. The zero-order valence-corrected chi connectivity index (χ0v) is 13.1. The Morgan fingerprint density at radius 2 is 1.91 bits per heavy atom. The molecule has 1 fully saturated rings. The number of hydrogen-bond acceptors (Lipinski definition) is 4. The molecule has 0 aliphatic carbocycles. The van der Waals surface area contributed by atoms with Gasteiger partial charge in [0, 0.05) is 13.0 Å². The van der Waals surface area contributed by atoms with Crippen molar-refractivity contribution >= 4 is 5.91 Å². The number of methoxy groups -OCH3 is 1. The van der Waals surface area contributed by atoms with Crippen LogP contribution in [0.25, 0.3) is 0 Å². The van der Waals surface area contributed by atoms with Crippen molar-refractivity contribution in [2.45, 2.75) is 6.42 Å². The highest BCUT2D eigenvalue weighted by atomic mass is 16.5. The molecule has 2 rings (SSSR count). The Balaban J connectivity index is 1.55. The first kappa shape index (κ1) is 16.6. The number of carbonyl (C=O) groups excluding carboxylic acids is 1. The summed E-state index contributed by atoms with van der Waals surface area (Å²) in [6.07, 6.45) is 0.976. The molecule has 0 unspecified atom stereocenters. The molecule has 1 aliphatic rings. The van der Waals surface area contributed by atoms with E-state index in [4.69, 9.17) is 14.2 Å². The largest absolute Gasteiger partial charge is 0.497 e. The monoisotopic (exact) mass is 309 g/mol. The summed E-state index contributed by atoms with van der Waals surface area (Å²) in [7, 11) is 1.61. The Morgan fingerprint density at radius 3 is 2.59 bits per heavy atom. The Morgan fingerprint density at radius 1 is 1.23 bits per heavy atom. The van der Waals surface area contributed by atoms with Gasteiger partial charge in [-0.15, -0.1) is 0 Å². The van der Waals surface area contributed by atoms with Gasteiger partial charge in [-0.05, 0) is 24.3 Å². The Hall–Kier alpha value is -1.79. The number of rotatable bonds is 8. The number of benzene rings is 1. The first-order valence-corrected chi connectivity index (χ1v) is 7.73. The van der Waals surface area contributed by atoms with E-state index in [2.05, 4.69) is 5.32 Å². The van der Waals surface area contributed by atoms with Crippen molar-refractivity contribution in [2.24, 2.45) is 0 Å². The minimum absolute atomic E-state index is 0.0384. The van der Waals surface area contributed by atoms with Gasteiger partial charge in [0.05, 0.1) is 26.9 Å². The van der Waals surface area contributed by atoms with Crippen LogP contribution in [0, 0.1) is 0 Å². The van der Waals surface area contributed by atoms with Gasteiger partial charge < -0.3 is 24.4 Å². The Kier molecular flexibility index (Phi) is 6.99. The Labute approximate surface area is 131 Å². The zero-order chi connectivity index (χ0) is 15.6. The van der Waals surface area contributed by atoms with Gasteiger partial charge >= 0.3 is 0 Å². The molecule has 1 heterocycles. The second kappa shape index (κ2) is 9.27. The topological polar surface area (TPSA) is 61.2 Å². The third kappa shape index (κ3) is 5.91.